The summed E-state index contributed by atoms with van der Waals surface area (Å²) < 4.78 is 10.6. The molecule has 1 aromatic carbocycles. The van der Waals surface area contributed by atoms with Crippen LogP contribution in [0.4, 0.5) is 0 Å². The van der Waals surface area contributed by atoms with Crippen LogP contribution < -0.4 is 0 Å². The van der Waals surface area contributed by atoms with E-state index in [0.717, 1.165) is 5.56 Å². The summed E-state index contributed by atoms with van der Waals surface area (Å²) in [7, 11) is 0. The van der Waals surface area contributed by atoms with Crippen molar-refractivity contribution in [2.45, 2.75) is 33.5 Å². The number of benzene rings is 1. The molecule has 22 heavy (non-hydrogen) atoms. The van der Waals surface area contributed by atoms with E-state index in [4.69, 9.17) is 9.47 Å². The van der Waals surface area contributed by atoms with Crippen LogP contribution in [0.1, 0.15) is 41.3 Å². The zero-order valence-corrected chi connectivity index (χ0v) is 12.9. The lowest BCUT2D eigenvalue weighted by atomic mass is 10.2. The van der Waals surface area contributed by atoms with Gasteiger partial charge in [-0.15, -0.1) is 0 Å². The monoisotopic (exact) mass is 300 g/mol. The van der Waals surface area contributed by atoms with E-state index in [2.05, 4.69) is 9.97 Å². The molecule has 0 N–H and O–H groups in total. The number of hydrogen-bond acceptors (Lipinski definition) is 5. The molecule has 0 spiro atoms. The molecule has 0 aliphatic heterocycles. The number of rotatable bonds is 7. The lowest BCUT2D eigenvalue weighted by molar-refractivity contribution is 0.0523. The average molecular weight is 300 g/mol. The van der Waals surface area contributed by atoms with Crippen LogP contribution >= 0.6 is 0 Å². The Morgan fingerprint density at radius 1 is 1.14 bits per heavy atom. The number of ether oxygens (including phenoxy) is 2. The lowest BCUT2D eigenvalue weighted by Crippen LogP contribution is -2.12. The molecule has 5 heteroatoms. The molecule has 0 saturated heterocycles. The van der Waals surface area contributed by atoms with E-state index in [1.54, 1.807) is 6.92 Å². The van der Waals surface area contributed by atoms with Gasteiger partial charge in [0.05, 0.1) is 24.5 Å². The Hall–Kier alpha value is -2.27. The standard InChI is InChI=1S/C17H20N2O3/c1-3-15-14(17(20)22-4-2)10-18-16(19-15)12-21-11-13-8-6-5-7-9-13/h5-10H,3-4,11-12H2,1-2H3. The van der Waals surface area contributed by atoms with Gasteiger partial charge in [-0.1, -0.05) is 37.3 Å². The maximum Gasteiger partial charge on any atom is 0.341 e. The van der Waals surface area contributed by atoms with Gasteiger partial charge in [-0.25, -0.2) is 14.8 Å². The van der Waals surface area contributed by atoms with Crippen molar-refractivity contribution in [3.63, 3.8) is 0 Å². The van der Waals surface area contributed by atoms with E-state index < -0.39 is 0 Å². The quantitative estimate of drug-likeness (QED) is 0.736. The summed E-state index contributed by atoms with van der Waals surface area (Å²) >= 11 is 0. The number of carbonyl (C=O) groups excluding carboxylic acids is 1. The third kappa shape index (κ3) is 4.36. The van der Waals surface area contributed by atoms with Gasteiger partial charge >= 0.3 is 5.97 Å². The molecule has 2 rings (SSSR count). The molecule has 0 unspecified atom stereocenters. The minimum absolute atomic E-state index is 0.311. The highest BCUT2D eigenvalue weighted by atomic mass is 16.5. The Labute approximate surface area is 130 Å². The molecule has 1 heterocycles. The van der Waals surface area contributed by atoms with E-state index in [1.807, 2.05) is 37.3 Å². The molecular weight excluding hydrogens is 280 g/mol. The normalized spacial score (nSPS) is 10.5. The van der Waals surface area contributed by atoms with E-state index in [0.29, 0.717) is 43.3 Å². The second kappa shape index (κ2) is 8.24. The number of hydrogen-bond donors (Lipinski definition) is 0. The van der Waals surface area contributed by atoms with Crippen LogP contribution in [-0.4, -0.2) is 22.5 Å². The second-order valence-electron chi connectivity index (χ2n) is 4.70. The molecule has 0 fully saturated rings. The summed E-state index contributed by atoms with van der Waals surface area (Å²) in [5.74, 6) is 0.192. The van der Waals surface area contributed by atoms with Crippen LogP contribution in [0.2, 0.25) is 0 Å². The van der Waals surface area contributed by atoms with Crippen molar-refractivity contribution in [1.29, 1.82) is 0 Å². The third-order valence-electron chi connectivity index (χ3n) is 3.09. The van der Waals surface area contributed by atoms with Crippen molar-refractivity contribution in [3.05, 3.63) is 59.2 Å². The lowest BCUT2D eigenvalue weighted by Gasteiger charge is -2.08. The number of aryl methyl sites for hydroxylation is 1. The van der Waals surface area contributed by atoms with E-state index >= 15 is 0 Å². The van der Waals surface area contributed by atoms with Crippen LogP contribution in [-0.2, 0) is 29.1 Å². The number of aromatic nitrogens is 2. The van der Waals surface area contributed by atoms with Crippen molar-refractivity contribution in [1.82, 2.24) is 9.97 Å². The smallest absolute Gasteiger partial charge is 0.341 e. The summed E-state index contributed by atoms with van der Waals surface area (Å²) in [5.41, 5.74) is 2.21. The first-order valence-corrected chi connectivity index (χ1v) is 7.38. The average Bonchev–Trinajstić information content (AvgIpc) is 2.56. The highest BCUT2D eigenvalue weighted by Gasteiger charge is 2.14. The van der Waals surface area contributed by atoms with Gasteiger partial charge in [0.2, 0.25) is 0 Å². The Morgan fingerprint density at radius 3 is 2.59 bits per heavy atom. The molecule has 0 aliphatic carbocycles. The van der Waals surface area contributed by atoms with Crippen molar-refractivity contribution >= 4 is 5.97 Å². The van der Waals surface area contributed by atoms with Gasteiger partial charge in [-0.2, -0.15) is 0 Å². The maximum atomic E-state index is 11.8. The van der Waals surface area contributed by atoms with Crippen LogP contribution in [0.3, 0.4) is 0 Å². The van der Waals surface area contributed by atoms with Crippen molar-refractivity contribution < 1.29 is 14.3 Å². The zero-order valence-electron chi connectivity index (χ0n) is 12.9. The fourth-order valence-electron chi connectivity index (χ4n) is 2.01. The molecule has 0 aliphatic rings. The van der Waals surface area contributed by atoms with E-state index in [9.17, 15) is 4.79 Å². The largest absolute Gasteiger partial charge is 0.462 e. The predicted octanol–water partition coefficient (Wildman–Crippen LogP) is 2.93. The van der Waals surface area contributed by atoms with Gasteiger partial charge in [-0.05, 0) is 18.9 Å². The maximum absolute atomic E-state index is 11.8. The van der Waals surface area contributed by atoms with Crippen LogP contribution in [0, 0.1) is 0 Å². The van der Waals surface area contributed by atoms with Crippen LogP contribution in [0.5, 0.6) is 0 Å². The summed E-state index contributed by atoms with van der Waals surface area (Å²) in [6.45, 7) is 4.87. The second-order valence-corrected chi connectivity index (χ2v) is 4.70. The Morgan fingerprint density at radius 2 is 1.91 bits per heavy atom. The highest BCUT2D eigenvalue weighted by Crippen LogP contribution is 2.10. The van der Waals surface area contributed by atoms with Crippen molar-refractivity contribution in [3.8, 4) is 0 Å². The molecule has 0 atom stereocenters. The van der Waals surface area contributed by atoms with Gasteiger partial charge in [0.15, 0.2) is 5.82 Å². The summed E-state index contributed by atoms with van der Waals surface area (Å²) in [4.78, 5) is 20.4. The summed E-state index contributed by atoms with van der Waals surface area (Å²) in [5, 5.41) is 0. The summed E-state index contributed by atoms with van der Waals surface area (Å²) in [6.07, 6.45) is 2.16. The topological polar surface area (TPSA) is 61.3 Å². The minimum Gasteiger partial charge on any atom is -0.462 e. The Balaban J connectivity index is 1.98. The minimum atomic E-state index is -0.379. The Kier molecular flexibility index (Phi) is 6.03. The van der Waals surface area contributed by atoms with Crippen molar-refractivity contribution in [2.24, 2.45) is 0 Å². The third-order valence-corrected chi connectivity index (χ3v) is 3.09. The van der Waals surface area contributed by atoms with Gasteiger partial charge < -0.3 is 9.47 Å². The molecule has 0 bridgehead atoms. The first-order valence-electron chi connectivity index (χ1n) is 7.38. The molecule has 0 saturated carbocycles. The van der Waals surface area contributed by atoms with Crippen LogP contribution in [0.15, 0.2) is 36.5 Å². The molecule has 0 radical (unpaired) electrons. The molecular formula is C17H20N2O3. The van der Waals surface area contributed by atoms with Gasteiger partial charge in [0.1, 0.15) is 6.61 Å². The first-order chi connectivity index (χ1) is 10.7. The molecule has 116 valence electrons. The Bertz CT molecular complexity index is 615. The van der Waals surface area contributed by atoms with Gasteiger partial charge in [0, 0.05) is 6.20 Å². The highest BCUT2D eigenvalue weighted by molar-refractivity contribution is 5.90. The number of esters is 1. The fraction of sp³-hybridized carbons (Fsp3) is 0.353. The molecule has 0 amide bonds. The SMILES string of the molecule is CCOC(=O)c1cnc(COCc2ccccc2)nc1CC. The molecule has 1 aromatic heterocycles. The zero-order chi connectivity index (χ0) is 15.8. The molecule has 2 aromatic rings. The van der Waals surface area contributed by atoms with Crippen molar-refractivity contribution in [2.75, 3.05) is 6.61 Å². The molecule has 5 nitrogen and oxygen atoms in total. The summed E-state index contributed by atoms with van der Waals surface area (Å²) in [6, 6.07) is 9.91. The number of carbonyl (C=O) groups is 1. The first kappa shape index (κ1) is 16.1. The van der Waals surface area contributed by atoms with Gasteiger partial charge in [0.25, 0.3) is 0 Å². The number of nitrogens with zero attached hydrogens (tertiary/aromatic N) is 2. The van der Waals surface area contributed by atoms with E-state index in [-0.39, 0.29) is 5.97 Å². The van der Waals surface area contributed by atoms with Gasteiger partial charge in [-0.3, -0.25) is 0 Å². The van der Waals surface area contributed by atoms with Crippen LogP contribution in [0.25, 0.3) is 0 Å². The van der Waals surface area contributed by atoms with E-state index in [1.165, 1.54) is 6.20 Å². The fourth-order valence-corrected chi connectivity index (χ4v) is 2.01. The predicted molar refractivity (Wildman–Crippen MR) is 82.3 cm³/mol.